The van der Waals surface area contributed by atoms with E-state index in [0.29, 0.717) is 12.3 Å². The second-order valence-corrected chi connectivity index (χ2v) is 5.63. The molecular formula is C19H16F4N4O. The minimum absolute atomic E-state index is 0.211. The molecule has 2 aromatic heterocycles. The summed E-state index contributed by atoms with van der Waals surface area (Å²) in [7, 11) is 1.86. The first-order valence-electron chi connectivity index (χ1n) is 8.00. The quantitative estimate of drug-likeness (QED) is 0.403. The van der Waals surface area contributed by atoms with Crippen molar-refractivity contribution >= 4 is 12.0 Å². The number of aryl methyl sites for hydroxylation is 1. The van der Waals surface area contributed by atoms with E-state index in [2.05, 4.69) is 20.5 Å². The smallest absolute Gasteiger partial charge is 0.388 e. The fourth-order valence-electron chi connectivity index (χ4n) is 2.25. The van der Waals surface area contributed by atoms with E-state index in [1.165, 1.54) is 12.3 Å². The van der Waals surface area contributed by atoms with Crippen LogP contribution in [0.4, 0.5) is 23.2 Å². The number of nitrogens with one attached hydrogen (secondary N) is 1. The molecular weight excluding hydrogens is 376 g/mol. The Morgan fingerprint density at radius 3 is 2.46 bits per heavy atom. The minimum Gasteiger partial charge on any atom is -0.388 e. The number of carbonyl (C=O) groups excluding carboxylic acids is 1. The fourth-order valence-corrected chi connectivity index (χ4v) is 2.25. The van der Waals surface area contributed by atoms with Crippen LogP contribution in [0, 0.1) is 12.9 Å². The lowest BCUT2D eigenvalue weighted by Crippen LogP contribution is -2.07. The molecule has 0 radical (unpaired) electrons. The Morgan fingerprint density at radius 2 is 1.86 bits per heavy atom. The summed E-state index contributed by atoms with van der Waals surface area (Å²) in [6.07, 6.45) is -2.22. The average Bonchev–Trinajstić information content (AvgIpc) is 2.68. The lowest BCUT2D eigenvalue weighted by molar-refractivity contribution is -0.137. The number of anilines is 1. The zero-order valence-corrected chi connectivity index (χ0v) is 15.0. The van der Waals surface area contributed by atoms with Crippen LogP contribution in [0.2, 0.25) is 0 Å². The van der Waals surface area contributed by atoms with Crippen molar-refractivity contribution in [2.24, 2.45) is 0 Å². The molecule has 1 N–H and O–H groups in total. The number of rotatable bonds is 3. The second kappa shape index (κ2) is 9.03. The van der Waals surface area contributed by atoms with Crippen molar-refractivity contribution in [2.75, 3.05) is 12.4 Å². The third-order valence-corrected chi connectivity index (χ3v) is 3.69. The van der Waals surface area contributed by atoms with Gasteiger partial charge >= 0.3 is 6.18 Å². The molecule has 3 aromatic rings. The molecule has 0 amide bonds. The van der Waals surface area contributed by atoms with Crippen LogP contribution < -0.4 is 5.32 Å². The van der Waals surface area contributed by atoms with Gasteiger partial charge in [-0.15, -0.1) is 5.10 Å². The molecule has 9 heteroatoms. The lowest BCUT2D eigenvalue weighted by atomic mass is 10.0. The first-order chi connectivity index (χ1) is 13.2. The predicted molar refractivity (Wildman–Crippen MR) is 96.3 cm³/mol. The van der Waals surface area contributed by atoms with Crippen molar-refractivity contribution < 1.29 is 22.4 Å². The molecule has 0 spiro atoms. The predicted octanol–water partition coefficient (Wildman–Crippen LogP) is 4.55. The molecule has 0 aliphatic carbocycles. The van der Waals surface area contributed by atoms with Gasteiger partial charge in [-0.2, -0.15) is 22.7 Å². The largest absolute Gasteiger partial charge is 0.418 e. The van der Waals surface area contributed by atoms with Crippen LogP contribution in [0.25, 0.3) is 11.1 Å². The van der Waals surface area contributed by atoms with Crippen molar-refractivity contribution in [1.82, 2.24) is 15.2 Å². The molecule has 0 atom stereocenters. The topological polar surface area (TPSA) is 67.8 Å². The molecule has 146 valence electrons. The van der Waals surface area contributed by atoms with Gasteiger partial charge in [0.05, 0.1) is 11.8 Å². The maximum atomic E-state index is 13.0. The highest BCUT2D eigenvalue weighted by molar-refractivity contribution is 5.72. The van der Waals surface area contributed by atoms with E-state index in [-0.39, 0.29) is 12.0 Å². The summed E-state index contributed by atoms with van der Waals surface area (Å²) in [6.45, 7) is 2.01. The molecule has 0 unspecified atom stereocenters. The molecule has 0 aliphatic rings. The van der Waals surface area contributed by atoms with Gasteiger partial charge in [-0.3, -0.25) is 4.79 Å². The molecule has 0 saturated carbocycles. The zero-order valence-electron chi connectivity index (χ0n) is 15.0. The number of hydrogen-bond donors (Lipinski definition) is 1. The van der Waals surface area contributed by atoms with Gasteiger partial charge < -0.3 is 5.32 Å². The van der Waals surface area contributed by atoms with Crippen molar-refractivity contribution in [2.45, 2.75) is 13.1 Å². The van der Waals surface area contributed by atoms with Crippen molar-refractivity contribution in [3.8, 4) is 11.1 Å². The first kappa shape index (κ1) is 20.9. The van der Waals surface area contributed by atoms with E-state index in [1.807, 2.05) is 38.2 Å². The van der Waals surface area contributed by atoms with Crippen LogP contribution in [-0.2, 0) is 6.18 Å². The van der Waals surface area contributed by atoms with Crippen LogP contribution in [0.3, 0.4) is 0 Å². The van der Waals surface area contributed by atoms with Gasteiger partial charge in [-0.05, 0) is 47.9 Å². The van der Waals surface area contributed by atoms with Gasteiger partial charge in [0.2, 0.25) is 5.95 Å². The number of halogens is 4. The molecule has 0 bridgehead atoms. The highest BCUT2D eigenvalue weighted by Crippen LogP contribution is 2.28. The highest BCUT2D eigenvalue weighted by atomic mass is 19.4. The van der Waals surface area contributed by atoms with Crippen molar-refractivity contribution in [3.05, 3.63) is 71.6 Å². The maximum Gasteiger partial charge on any atom is 0.418 e. The van der Waals surface area contributed by atoms with Gasteiger partial charge in [0.1, 0.15) is 5.69 Å². The number of alkyl halides is 3. The van der Waals surface area contributed by atoms with Crippen molar-refractivity contribution in [1.29, 1.82) is 0 Å². The van der Waals surface area contributed by atoms with Crippen LogP contribution in [0.15, 0.2) is 48.8 Å². The first-order valence-corrected chi connectivity index (χ1v) is 8.00. The van der Waals surface area contributed by atoms with Crippen LogP contribution in [-0.4, -0.2) is 28.5 Å². The van der Waals surface area contributed by atoms with Gasteiger partial charge in [0.25, 0.3) is 0 Å². The zero-order chi connectivity index (χ0) is 20.7. The fraction of sp³-hybridized carbons (Fsp3) is 0.158. The summed E-state index contributed by atoms with van der Waals surface area (Å²) >= 11 is 0. The Kier molecular flexibility index (Phi) is 6.75. The highest BCUT2D eigenvalue weighted by Gasteiger charge is 2.31. The van der Waals surface area contributed by atoms with E-state index in [4.69, 9.17) is 0 Å². The third-order valence-electron chi connectivity index (χ3n) is 3.69. The summed E-state index contributed by atoms with van der Waals surface area (Å²) in [5.74, 6) is -0.452. The number of nitrogens with zero attached hydrogens (tertiary/aromatic N) is 3. The summed E-state index contributed by atoms with van der Waals surface area (Å²) < 4.78 is 48.8. The molecule has 1 aromatic carbocycles. The molecule has 0 aliphatic heterocycles. The minimum atomic E-state index is -4.48. The van der Waals surface area contributed by atoms with E-state index < -0.39 is 17.7 Å². The van der Waals surface area contributed by atoms with Crippen LogP contribution in [0.1, 0.15) is 21.6 Å². The number of hydrogen-bond acceptors (Lipinski definition) is 5. The van der Waals surface area contributed by atoms with E-state index in [9.17, 15) is 22.4 Å². The Bertz CT molecular complexity index is 961. The number of benzene rings is 1. The van der Waals surface area contributed by atoms with Crippen LogP contribution in [0.5, 0.6) is 0 Å². The number of aromatic nitrogens is 3. The maximum absolute atomic E-state index is 13.0. The number of carbonyl (C=O) groups is 1. The molecule has 28 heavy (non-hydrogen) atoms. The summed E-state index contributed by atoms with van der Waals surface area (Å²) in [5.41, 5.74) is 2.70. The Hall–Kier alpha value is -3.36. The van der Waals surface area contributed by atoms with Gasteiger partial charge in [-0.1, -0.05) is 6.07 Å². The second-order valence-electron chi connectivity index (χ2n) is 5.63. The lowest BCUT2D eigenvalue weighted by Gasteiger charge is -2.08. The monoisotopic (exact) mass is 392 g/mol. The summed E-state index contributed by atoms with van der Waals surface area (Å²) in [4.78, 5) is 13.6. The Morgan fingerprint density at radius 1 is 1.11 bits per heavy atom. The third kappa shape index (κ3) is 5.57. The SMILES string of the molecule is CNc1ccc(C)c(-c2ccnc(F)c2)c1.O=Cc1cc(C(F)(F)F)cnn1. The Labute approximate surface area is 158 Å². The van der Waals surface area contributed by atoms with E-state index in [0.717, 1.165) is 22.4 Å². The molecule has 2 heterocycles. The normalized spacial score (nSPS) is 10.6. The molecule has 0 saturated heterocycles. The molecule has 0 fully saturated rings. The molecule has 3 rings (SSSR count). The van der Waals surface area contributed by atoms with E-state index in [1.54, 1.807) is 0 Å². The standard InChI is InChI=1S/C13H13FN2.C6H3F3N2O/c1-9-3-4-11(15-2)8-12(9)10-5-6-16-13(14)7-10;7-6(8,9)4-1-5(3-12)11-10-2-4/h3-8,15H,1-2H3;1-3H. The molecule has 5 nitrogen and oxygen atoms in total. The average molecular weight is 392 g/mol. The summed E-state index contributed by atoms with van der Waals surface area (Å²) in [5, 5.41) is 9.24. The number of aldehydes is 1. The van der Waals surface area contributed by atoms with Crippen LogP contribution >= 0.6 is 0 Å². The van der Waals surface area contributed by atoms with Gasteiger partial charge in [0.15, 0.2) is 6.29 Å². The van der Waals surface area contributed by atoms with Crippen molar-refractivity contribution in [3.63, 3.8) is 0 Å². The summed E-state index contributed by atoms with van der Waals surface area (Å²) in [6, 6.07) is 9.91. The Balaban J connectivity index is 0.000000209. The van der Waals surface area contributed by atoms with E-state index >= 15 is 0 Å². The van der Waals surface area contributed by atoms with Gasteiger partial charge in [0, 0.05) is 25.0 Å². The number of pyridine rings is 1. The van der Waals surface area contributed by atoms with Gasteiger partial charge in [-0.25, -0.2) is 4.98 Å².